The van der Waals surface area contributed by atoms with Crippen LogP contribution in [0, 0.1) is 5.92 Å². The maximum atomic E-state index is 12.4. The largest absolute Gasteiger partial charge is 0.396 e. The number of nitrogens with zero attached hydrogens (tertiary/aromatic N) is 1. The van der Waals surface area contributed by atoms with Crippen molar-refractivity contribution in [2.45, 2.75) is 69.9 Å². The summed E-state index contributed by atoms with van der Waals surface area (Å²) in [5.41, 5.74) is 5.99. The van der Waals surface area contributed by atoms with Gasteiger partial charge in [0.25, 0.3) is 0 Å². The molecule has 4 nitrogen and oxygen atoms in total. The maximum Gasteiger partial charge on any atom is 0.223 e. The molecule has 110 valence electrons. The lowest BCUT2D eigenvalue weighted by Crippen LogP contribution is -2.38. The lowest BCUT2D eigenvalue weighted by atomic mass is 9.84. The van der Waals surface area contributed by atoms with Gasteiger partial charge in [0, 0.05) is 31.7 Å². The highest BCUT2D eigenvalue weighted by Gasteiger charge is 2.30. The first kappa shape index (κ1) is 14.8. The standard InChI is InChI=1S/C15H28N2O2/c16-13-5-1-4-12(10-13)11-15(19)17-8-2-6-14(17)7-3-9-18/h12-14,18H,1-11,16H2. The van der Waals surface area contributed by atoms with Gasteiger partial charge < -0.3 is 15.7 Å². The Morgan fingerprint density at radius 1 is 1.26 bits per heavy atom. The quantitative estimate of drug-likeness (QED) is 0.797. The second kappa shape index (κ2) is 7.25. The molecule has 1 saturated heterocycles. The first-order valence-electron chi connectivity index (χ1n) is 7.86. The molecule has 3 N–H and O–H groups in total. The Balaban J connectivity index is 1.81. The van der Waals surface area contributed by atoms with Gasteiger partial charge in [0.1, 0.15) is 0 Å². The monoisotopic (exact) mass is 268 g/mol. The molecule has 0 radical (unpaired) electrons. The Hall–Kier alpha value is -0.610. The predicted octanol–water partition coefficient (Wildman–Crippen LogP) is 1.66. The number of rotatable bonds is 5. The zero-order valence-electron chi connectivity index (χ0n) is 11.9. The Labute approximate surface area is 116 Å². The highest BCUT2D eigenvalue weighted by atomic mass is 16.3. The molecular weight excluding hydrogens is 240 g/mol. The summed E-state index contributed by atoms with van der Waals surface area (Å²) in [6.45, 7) is 1.14. The number of carbonyl (C=O) groups is 1. The van der Waals surface area contributed by atoms with Crippen LogP contribution in [0.15, 0.2) is 0 Å². The zero-order chi connectivity index (χ0) is 13.7. The predicted molar refractivity (Wildman–Crippen MR) is 75.6 cm³/mol. The number of amides is 1. The van der Waals surface area contributed by atoms with Gasteiger partial charge in [-0.3, -0.25) is 4.79 Å². The van der Waals surface area contributed by atoms with Crippen molar-refractivity contribution in [3.05, 3.63) is 0 Å². The van der Waals surface area contributed by atoms with Crippen LogP contribution in [0.5, 0.6) is 0 Å². The molecule has 0 aromatic rings. The Morgan fingerprint density at radius 2 is 2.11 bits per heavy atom. The van der Waals surface area contributed by atoms with Crippen LogP contribution >= 0.6 is 0 Å². The molecule has 1 aliphatic heterocycles. The van der Waals surface area contributed by atoms with Crippen LogP contribution in [0.25, 0.3) is 0 Å². The molecule has 19 heavy (non-hydrogen) atoms. The van der Waals surface area contributed by atoms with Crippen molar-refractivity contribution in [2.24, 2.45) is 11.7 Å². The average Bonchev–Trinajstić information content (AvgIpc) is 2.84. The molecule has 1 heterocycles. The molecule has 4 heteroatoms. The van der Waals surface area contributed by atoms with Crippen molar-refractivity contribution < 1.29 is 9.90 Å². The van der Waals surface area contributed by atoms with Crippen molar-refractivity contribution in [1.29, 1.82) is 0 Å². The van der Waals surface area contributed by atoms with E-state index in [9.17, 15) is 4.79 Å². The van der Waals surface area contributed by atoms with Crippen LogP contribution < -0.4 is 5.73 Å². The smallest absolute Gasteiger partial charge is 0.223 e. The summed E-state index contributed by atoms with van der Waals surface area (Å²) in [6.07, 6.45) is 9.14. The summed E-state index contributed by atoms with van der Waals surface area (Å²) in [6, 6.07) is 0.673. The zero-order valence-corrected chi connectivity index (χ0v) is 11.9. The van der Waals surface area contributed by atoms with Gasteiger partial charge in [-0.05, 0) is 50.9 Å². The Bertz CT molecular complexity index is 296. The van der Waals surface area contributed by atoms with Gasteiger partial charge in [0.05, 0.1) is 0 Å². The van der Waals surface area contributed by atoms with E-state index in [2.05, 4.69) is 4.90 Å². The minimum atomic E-state index is 0.232. The van der Waals surface area contributed by atoms with Gasteiger partial charge in [-0.25, -0.2) is 0 Å². The van der Waals surface area contributed by atoms with E-state index in [-0.39, 0.29) is 6.61 Å². The first-order chi connectivity index (χ1) is 9.20. The van der Waals surface area contributed by atoms with Crippen LogP contribution in [0.4, 0.5) is 0 Å². The van der Waals surface area contributed by atoms with Gasteiger partial charge >= 0.3 is 0 Å². The fourth-order valence-corrected chi connectivity index (χ4v) is 3.67. The molecule has 0 bridgehead atoms. The van der Waals surface area contributed by atoms with Gasteiger partial charge in [0.2, 0.25) is 5.91 Å². The van der Waals surface area contributed by atoms with Gasteiger partial charge in [-0.15, -0.1) is 0 Å². The second-order valence-corrected chi connectivity index (χ2v) is 6.25. The minimum Gasteiger partial charge on any atom is -0.396 e. The Morgan fingerprint density at radius 3 is 2.84 bits per heavy atom. The van der Waals surface area contributed by atoms with E-state index in [1.54, 1.807) is 0 Å². The summed E-state index contributed by atoms with van der Waals surface area (Å²) in [4.78, 5) is 14.5. The molecule has 3 atom stereocenters. The van der Waals surface area contributed by atoms with Crippen molar-refractivity contribution in [2.75, 3.05) is 13.2 Å². The summed E-state index contributed by atoms with van der Waals surface area (Å²) < 4.78 is 0. The van der Waals surface area contributed by atoms with Crippen LogP contribution in [0.1, 0.15) is 57.8 Å². The summed E-state index contributed by atoms with van der Waals surface area (Å²) in [7, 11) is 0. The van der Waals surface area contributed by atoms with E-state index in [1.165, 1.54) is 6.42 Å². The van der Waals surface area contributed by atoms with Gasteiger partial charge in [-0.1, -0.05) is 6.42 Å². The molecule has 2 rings (SSSR count). The SMILES string of the molecule is NC1CCCC(CC(=O)N2CCCC2CCCO)C1. The summed E-state index contributed by atoms with van der Waals surface area (Å²) in [5.74, 6) is 0.815. The normalized spacial score (nSPS) is 31.7. The number of aliphatic hydroxyl groups excluding tert-OH is 1. The third-order valence-electron chi connectivity index (χ3n) is 4.68. The van der Waals surface area contributed by atoms with E-state index in [4.69, 9.17) is 10.8 Å². The third kappa shape index (κ3) is 4.18. The van der Waals surface area contributed by atoms with Gasteiger partial charge in [-0.2, -0.15) is 0 Å². The second-order valence-electron chi connectivity index (χ2n) is 6.25. The van der Waals surface area contributed by atoms with E-state index >= 15 is 0 Å². The lowest BCUT2D eigenvalue weighted by Gasteiger charge is -2.30. The molecule has 2 fully saturated rings. The molecule has 3 unspecified atom stereocenters. The third-order valence-corrected chi connectivity index (χ3v) is 4.68. The summed E-state index contributed by atoms with van der Waals surface area (Å²) in [5, 5.41) is 8.92. The molecule has 1 aliphatic carbocycles. The van der Waals surface area contributed by atoms with E-state index < -0.39 is 0 Å². The number of nitrogens with two attached hydrogens (primary N) is 1. The molecular formula is C15H28N2O2. The fourth-order valence-electron chi connectivity index (χ4n) is 3.67. The average molecular weight is 268 g/mol. The molecule has 0 aromatic heterocycles. The maximum absolute atomic E-state index is 12.4. The number of carbonyl (C=O) groups excluding carboxylic acids is 1. The highest BCUT2D eigenvalue weighted by Crippen LogP contribution is 2.29. The van der Waals surface area contributed by atoms with Crippen molar-refractivity contribution >= 4 is 5.91 Å². The molecule has 0 spiro atoms. The lowest BCUT2D eigenvalue weighted by molar-refractivity contribution is -0.133. The van der Waals surface area contributed by atoms with Crippen molar-refractivity contribution in [3.8, 4) is 0 Å². The van der Waals surface area contributed by atoms with E-state index in [0.29, 0.717) is 30.3 Å². The topological polar surface area (TPSA) is 66.6 Å². The summed E-state index contributed by atoms with van der Waals surface area (Å²) >= 11 is 0. The molecule has 2 aliphatic rings. The minimum absolute atomic E-state index is 0.232. The van der Waals surface area contributed by atoms with Crippen LogP contribution in [0.2, 0.25) is 0 Å². The van der Waals surface area contributed by atoms with E-state index in [1.807, 2.05) is 0 Å². The number of aliphatic hydroxyl groups is 1. The number of hydrogen-bond acceptors (Lipinski definition) is 3. The molecule has 1 amide bonds. The Kier molecular flexibility index (Phi) is 5.64. The van der Waals surface area contributed by atoms with Gasteiger partial charge in [0.15, 0.2) is 0 Å². The highest BCUT2D eigenvalue weighted by molar-refractivity contribution is 5.77. The number of hydrogen-bond donors (Lipinski definition) is 2. The van der Waals surface area contributed by atoms with Crippen LogP contribution in [-0.2, 0) is 4.79 Å². The molecule has 0 aromatic carbocycles. The molecule has 1 saturated carbocycles. The number of likely N-dealkylation sites (tertiary alicyclic amines) is 1. The fraction of sp³-hybridized carbons (Fsp3) is 0.933. The van der Waals surface area contributed by atoms with Crippen molar-refractivity contribution in [1.82, 2.24) is 4.90 Å². The van der Waals surface area contributed by atoms with Crippen LogP contribution in [-0.4, -0.2) is 41.1 Å². The first-order valence-corrected chi connectivity index (χ1v) is 7.86. The van der Waals surface area contributed by atoms with Crippen LogP contribution in [0.3, 0.4) is 0 Å². The van der Waals surface area contributed by atoms with E-state index in [0.717, 1.165) is 51.5 Å². The van der Waals surface area contributed by atoms with Crippen molar-refractivity contribution in [3.63, 3.8) is 0 Å².